The van der Waals surface area contributed by atoms with Crippen LogP contribution in [0.15, 0.2) is 0 Å². The Morgan fingerprint density at radius 1 is 1.09 bits per heavy atom. The molecule has 0 radical (unpaired) electrons. The van der Waals surface area contributed by atoms with Crippen molar-refractivity contribution in [3.05, 3.63) is 0 Å². The molecule has 1 aliphatic carbocycles. The molecular weight excluding hydrogens is 134 g/mol. The van der Waals surface area contributed by atoms with Crippen molar-refractivity contribution in [3.63, 3.8) is 0 Å². The molecule has 0 aromatic rings. The van der Waals surface area contributed by atoms with Crippen LogP contribution in [-0.4, -0.2) is 25.0 Å². The van der Waals surface area contributed by atoms with Crippen LogP contribution < -0.4 is 0 Å². The number of rotatable bonds is 2. The van der Waals surface area contributed by atoms with Crippen molar-refractivity contribution in [1.82, 2.24) is 4.90 Å². The van der Waals surface area contributed by atoms with Gasteiger partial charge in [-0.3, -0.25) is 0 Å². The van der Waals surface area contributed by atoms with Gasteiger partial charge in [0.2, 0.25) is 0 Å². The van der Waals surface area contributed by atoms with Crippen molar-refractivity contribution in [1.29, 1.82) is 0 Å². The van der Waals surface area contributed by atoms with Crippen molar-refractivity contribution in [2.24, 2.45) is 5.92 Å². The summed E-state index contributed by atoms with van der Waals surface area (Å²) in [6, 6.07) is 0.787. The van der Waals surface area contributed by atoms with E-state index >= 15 is 0 Å². The molecule has 0 aliphatic heterocycles. The molecule has 0 aromatic heterocycles. The lowest BCUT2D eigenvalue weighted by molar-refractivity contribution is 0.185. The Morgan fingerprint density at radius 3 is 2.09 bits per heavy atom. The summed E-state index contributed by atoms with van der Waals surface area (Å²) >= 11 is 0. The van der Waals surface area contributed by atoms with E-state index < -0.39 is 0 Å². The third-order valence-corrected chi connectivity index (χ3v) is 3.15. The predicted molar refractivity (Wildman–Crippen MR) is 49.7 cm³/mol. The number of hydrogen-bond donors (Lipinski definition) is 0. The maximum Gasteiger partial charge on any atom is 0.00891 e. The average molecular weight is 155 g/mol. The Balaban J connectivity index is 2.32. The van der Waals surface area contributed by atoms with Crippen LogP contribution in [-0.2, 0) is 0 Å². The van der Waals surface area contributed by atoms with Crippen molar-refractivity contribution >= 4 is 0 Å². The molecule has 1 nitrogen and oxygen atoms in total. The maximum atomic E-state index is 2.36. The first-order chi connectivity index (χ1) is 5.22. The molecule has 1 saturated carbocycles. The highest BCUT2D eigenvalue weighted by Gasteiger charge is 2.20. The zero-order valence-electron chi connectivity index (χ0n) is 8.14. The molecule has 1 aliphatic rings. The van der Waals surface area contributed by atoms with Gasteiger partial charge < -0.3 is 4.90 Å². The fourth-order valence-corrected chi connectivity index (χ4v) is 2.04. The minimum absolute atomic E-state index is 0.787. The monoisotopic (exact) mass is 155 g/mol. The molecule has 11 heavy (non-hydrogen) atoms. The summed E-state index contributed by atoms with van der Waals surface area (Å²) < 4.78 is 0. The molecule has 0 heterocycles. The van der Waals surface area contributed by atoms with Gasteiger partial charge in [-0.05, 0) is 39.8 Å². The van der Waals surface area contributed by atoms with E-state index in [4.69, 9.17) is 0 Å². The Kier molecular flexibility index (Phi) is 3.38. The molecule has 66 valence electrons. The molecule has 0 aromatic carbocycles. The van der Waals surface area contributed by atoms with E-state index in [0.29, 0.717) is 0 Å². The normalized spacial score (nSPS) is 24.0. The summed E-state index contributed by atoms with van der Waals surface area (Å²) in [6.45, 7) is 2.36. The first-order valence-electron chi connectivity index (χ1n) is 4.88. The fourth-order valence-electron chi connectivity index (χ4n) is 2.04. The van der Waals surface area contributed by atoms with Gasteiger partial charge >= 0.3 is 0 Å². The minimum Gasteiger partial charge on any atom is -0.306 e. The summed E-state index contributed by atoms with van der Waals surface area (Å²) in [5, 5.41) is 0. The third kappa shape index (κ3) is 2.48. The van der Waals surface area contributed by atoms with Crippen LogP contribution in [0.25, 0.3) is 0 Å². The molecule has 0 bridgehead atoms. The van der Waals surface area contributed by atoms with E-state index in [9.17, 15) is 0 Å². The summed E-state index contributed by atoms with van der Waals surface area (Å²) in [7, 11) is 4.39. The Morgan fingerprint density at radius 2 is 1.64 bits per heavy atom. The third-order valence-electron chi connectivity index (χ3n) is 3.15. The van der Waals surface area contributed by atoms with Crippen LogP contribution in [0.2, 0.25) is 0 Å². The largest absolute Gasteiger partial charge is 0.306 e. The van der Waals surface area contributed by atoms with Crippen LogP contribution in [0.5, 0.6) is 0 Å². The minimum atomic E-state index is 0.787. The van der Waals surface area contributed by atoms with Crippen LogP contribution in [0.1, 0.15) is 39.0 Å². The fraction of sp³-hybridized carbons (Fsp3) is 1.00. The summed E-state index contributed by atoms with van der Waals surface area (Å²) in [6.07, 6.45) is 7.31. The standard InChI is InChI=1S/C10H21N/c1-9(11(2)3)10-7-5-4-6-8-10/h9-10H,4-8H2,1-3H3/t9-/m1/s1. The second kappa shape index (κ2) is 4.10. The lowest BCUT2D eigenvalue weighted by Crippen LogP contribution is -2.33. The van der Waals surface area contributed by atoms with Gasteiger partial charge in [0.15, 0.2) is 0 Å². The summed E-state index contributed by atoms with van der Waals surface area (Å²) in [4.78, 5) is 2.36. The first-order valence-corrected chi connectivity index (χ1v) is 4.88. The van der Waals surface area contributed by atoms with Crippen LogP contribution in [0.4, 0.5) is 0 Å². The Bertz CT molecular complexity index is 103. The van der Waals surface area contributed by atoms with Gasteiger partial charge in [0.1, 0.15) is 0 Å². The second-order valence-corrected chi connectivity index (χ2v) is 4.10. The zero-order valence-corrected chi connectivity index (χ0v) is 8.14. The van der Waals surface area contributed by atoms with Crippen LogP contribution >= 0.6 is 0 Å². The van der Waals surface area contributed by atoms with Gasteiger partial charge in [0.05, 0.1) is 0 Å². The van der Waals surface area contributed by atoms with Gasteiger partial charge in [0, 0.05) is 6.04 Å². The quantitative estimate of drug-likeness (QED) is 0.592. The van der Waals surface area contributed by atoms with Gasteiger partial charge in [-0.25, -0.2) is 0 Å². The highest BCUT2D eigenvalue weighted by molar-refractivity contribution is 4.75. The second-order valence-electron chi connectivity index (χ2n) is 4.10. The van der Waals surface area contributed by atoms with E-state index in [1.54, 1.807) is 0 Å². The van der Waals surface area contributed by atoms with E-state index in [0.717, 1.165) is 12.0 Å². The summed E-state index contributed by atoms with van der Waals surface area (Å²) in [5.74, 6) is 0.971. The topological polar surface area (TPSA) is 3.24 Å². The SMILES string of the molecule is C[C@H](C1CCCCC1)N(C)C. The zero-order chi connectivity index (χ0) is 8.27. The molecule has 0 spiro atoms. The van der Waals surface area contributed by atoms with Crippen LogP contribution in [0, 0.1) is 5.92 Å². The van der Waals surface area contributed by atoms with Crippen molar-refractivity contribution in [2.75, 3.05) is 14.1 Å². The average Bonchev–Trinajstić information content (AvgIpc) is 2.05. The maximum absolute atomic E-state index is 2.36. The molecule has 0 saturated heterocycles. The predicted octanol–water partition coefficient (Wildman–Crippen LogP) is 2.52. The molecule has 1 rings (SSSR count). The van der Waals surface area contributed by atoms with Gasteiger partial charge in [-0.2, -0.15) is 0 Å². The van der Waals surface area contributed by atoms with Crippen molar-refractivity contribution in [2.45, 2.75) is 45.1 Å². The molecular formula is C10H21N. The molecule has 0 amide bonds. The van der Waals surface area contributed by atoms with E-state index in [1.807, 2.05) is 0 Å². The molecule has 1 heteroatoms. The van der Waals surface area contributed by atoms with E-state index in [1.165, 1.54) is 32.1 Å². The molecule has 1 fully saturated rings. The van der Waals surface area contributed by atoms with Gasteiger partial charge in [-0.1, -0.05) is 19.3 Å². The van der Waals surface area contributed by atoms with Crippen LogP contribution in [0.3, 0.4) is 0 Å². The molecule has 0 unspecified atom stereocenters. The number of nitrogens with zero attached hydrogens (tertiary/aromatic N) is 1. The highest BCUT2D eigenvalue weighted by atomic mass is 15.1. The van der Waals surface area contributed by atoms with Crippen molar-refractivity contribution in [3.8, 4) is 0 Å². The number of hydrogen-bond acceptors (Lipinski definition) is 1. The molecule has 1 atom stereocenters. The van der Waals surface area contributed by atoms with Gasteiger partial charge in [0.25, 0.3) is 0 Å². The summed E-state index contributed by atoms with van der Waals surface area (Å²) in [5.41, 5.74) is 0. The van der Waals surface area contributed by atoms with Gasteiger partial charge in [-0.15, -0.1) is 0 Å². The first kappa shape index (κ1) is 9.05. The lowest BCUT2D eigenvalue weighted by atomic mass is 9.84. The van der Waals surface area contributed by atoms with Crippen molar-refractivity contribution < 1.29 is 0 Å². The Hall–Kier alpha value is -0.0400. The van der Waals surface area contributed by atoms with E-state index in [2.05, 4.69) is 25.9 Å². The lowest BCUT2D eigenvalue weighted by Gasteiger charge is -2.31. The smallest absolute Gasteiger partial charge is 0.00891 e. The van der Waals surface area contributed by atoms with E-state index in [-0.39, 0.29) is 0 Å². The molecule has 0 N–H and O–H groups in total. The highest BCUT2D eigenvalue weighted by Crippen LogP contribution is 2.27. The Labute approximate surface area is 70.8 Å².